The molecule has 4 unspecified atom stereocenters. The Balaban J connectivity index is 1.63. The molecule has 0 aliphatic carbocycles. The van der Waals surface area contributed by atoms with E-state index < -0.39 is 41.2 Å². The van der Waals surface area contributed by atoms with Crippen LogP contribution in [-0.4, -0.2) is 68.6 Å². The standard InChI is InChI=1S/C17H19N3O6S/c1-9(21)26-7-11-8-27-16-13(15(23)20(16)14(11)17(24)25)19-12(22)5-10-3-2-4-18-6-10/h2-4,6,11,13-14,16H,5,7-8H2,1H3,(H,19,22)(H,24,25). The molecule has 3 heterocycles. The van der Waals surface area contributed by atoms with E-state index >= 15 is 0 Å². The van der Waals surface area contributed by atoms with Gasteiger partial charge in [-0.3, -0.25) is 19.4 Å². The van der Waals surface area contributed by atoms with Crippen molar-refractivity contribution in [3.05, 3.63) is 30.1 Å². The molecule has 0 aromatic carbocycles. The van der Waals surface area contributed by atoms with Crippen LogP contribution in [0.25, 0.3) is 0 Å². The van der Waals surface area contributed by atoms with Gasteiger partial charge in [0.2, 0.25) is 11.8 Å². The lowest BCUT2D eigenvalue weighted by atomic mass is 9.94. The van der Waals surface area contributed by atoms with Crippen LogP contribution in [0.5, 0.6) is 0 Å². The van der Waals surface area contributed by atoms with Crippen molar-refractivity contribution < 1.29 is 29.0 Å². The molecule has 27 heavy (non-hydrogen) atoms. The predicted molar refractivity (Wildman–Crippen MR) is 94.5 cm³/mol. The molecule has 4 atom stereocenters. The molecule has 2 aliphatic heterocycles. The maximum absolute atomic E-state index is 12.5. The topological polar surface area (TPSA) is 126 Å². The van der Waals surface area contributed by atoms with Gasteiger partial charge >= 0.3 is 11.9 Å². The number of β-lactam (4-membered cyclic amide) rings is 1. The number of hydrogen-bond acceptors (Lipinski definition) is 7. The van der Waals surface area contributed by atoms with E-state index in [4.69, 9.17) is 4.74 Å². The van der Waals surface area contributed by atoms with Gasteiger partial charge in [0.1, 0.15) is 17.5 Å². The Labute approximate surface area is 159 Å². The third-order valence-electron chi connectivity index (χ3n) is 4.46. The molecule has 144 valence electrons. The molecule has 2 amide bonds. The number of amides is 2. The van der Waals surface area contributed by atoms with E-state index in [0.29, 0.717) is 5.75 Å². The molecule has 0 radical (unpaired) electrons. The summed E-state index contributed by atoms with van der Waals surface area (Å²) in [4.78, 5) is 52.6. The monoisotopic (exact) mass is 393 g/mol. The molecule has 1 aromatic rings. The fourth-order valence-corrected chi connectivity index (χ4v) is 4.72. The normalized spacial score (nSPS) is 26.6. The number of carboxylic acids is 1. The number of esters is 1. The van der Waals surface area contributed by atoms with Gasteiger partial charge in [0.25, 0.3) is 0 Å². The van der Waals surface area contributed by atoms with Crippen molar-refractivity contribution in [3.63, 3.8) is 0 Å². The number of ether oxygens (including phenoxy) is 1. The van der Waals surface area contributed by atoms with Crippen LogP contribution in [0.1, 0.15) is 12.5 Å². The predicted octanol–water partition coefficient (Wildman–Crippen LogP) is -0.343. The second kappa shape index (κ2) is 7.95. The van der Waals surface area contributed by atoms with Gasteiger partial charge in [0, 0.05) is 31.0 Å². The van der Waals surface area contributed by atoms with Gasteiger partial charge in [0.15, 0.2) is 0 Å². The third-order valence-corrected chi connectivity index (χ3v) is 5.93. The van der Waals surface area contributed by atoms with Gasteiger partial charge in [0.05, 0.1) is 13.0 Å². The molecule has 2 N–H and O–H groups in total. The summed E-state index contributed by atoms with van der Waals surface area (Å²) < 4.78 is 4.93. The van der Waals surface area contributed by atoms with E-state index in [2.05, 4.69) is 10.3 Å². The minimum Gasteiger partial charge on any atom is -0.480 e. The number of fused-ring (bicyclic) bond motifs is 1. The zero-order valence-corrected chi connectivity index (χ0v) is 15.3. The second-order valence-electron chi connectivity index (χ2n) is 6.40. The number of nitrogens with one attached hydrogen (secondary N) is 1. The molecule has 0 saturated carbocycles. The van der Waals surface area contributed by atoms with Gasteiger partial charge < -0.3 is 20.1 Å². The lowest BCUT2D eigenvalue weighted by Crippen LogP contribution is -2.76. The highest BCUT2D eigenvalue weighted by atomic mass is 32.2. The zero-order valence-electron chi connectivity index (χ0n) is 14.5. The summed E-state index contributed by atoms with van der Waals surface area (Å²) in [6.07, 6.45) is 3.27. The first-order valence-corrected chi connectivity index (χ1v) is 9.41. The number of carboxylic acid groups (broad SMARTS) is 1. The van der Waals surface area contributed by atoms with E-state index in [1.807, 2.05) is 0 Å². The summed E-state index contributed by atoms with van der Waals surface area (Å²) in [6, 6.07) is 1.65. The number of pyridine rings is 1. The van der Waals surface area contributed by atoms with Crippen molar-refractivity contribution in [2.45, 2.75) is 30.8 Å². The van der Waals surface area contributed by atoms with Crippen LogP contribution in [0, 0.1) is 5.92 Å². The lowest BCUT2D eigenvalue weighted by molar-refractivity contribution is -0.167. The van der Waals surface area contributed by atoms with E-state index in [-0.39, 0.29) is 18.9 Å². The summed E-state index contributed by atoms with van der Waals surface area (Å²) in [5.74, 6) is -2.49. The molecule has 9 nitrogen and oxygen atoms in total. The maximum Gasteiger partial charge on any atom is 0.326 e. The quantitative estimate of drug-likeness (QED) is 0.496. The van der Waals surface area contributed by atoms with Crippen LogP contribution >= 0.6 is 11.8 Å². The molecule has 1 aromatic heterocycles. The molecule has 2 saturated heterocycles. The minimum absolute atomic E-state index is 0.0617. The van der Waals surface area contributed by atoms with Gasteiger partial charge in [-0.15, -0.1) is 11.8 Å². The second-order valence-corrected chi connectivity index (χ2v) is 7.55. The van der Waals surface area contributed by atoms with E-state index in [1.165, 1.54) is 23.6 Å². The van der Waals surface area contributed by atoms with Crippen molar-refractivity contribution in [2.75, 3.05) is 12.4 Å². The van der Waals surface area contributed by atoms with E-state index in [1.54, 1.807) is 24.5 Å². The summed E-state index contributed by atoms with van der Waals surface area (Å²) in [6.45, 7) is 1.19. The van der Waals surface area contributed by atoms with Crippen molar-refractivity contribution in [1.82, 2.24) is 15.2 Å². The lowest BCUT2D eigenvalue weighted by Gasteiger charge is -2.54. The van der Waals surface area contributed by atoms with Gasteiger partial charge in [-0.2, -0.15) is 0 Å². The molecule has 0 bridgehead atoms. The van der Waals surface area contributed by atoms with Crippen molar-refractivity contribution in [2.24, 2.45) is 5.92 Å². The summed E-state index contributed by atoms with van der Waals surface area (Å²) in [5, 5.41) is 11.8. The summed E-state index contributed by atoms with van der Waals surface area (Å²) in [7, 11) is 0. The Morgan fingerprint density at radius 2 is 2.22 bits per heavy atom. The number of hydrogen-bond donors (Lipinski definition) is 2. The van der Waals surface area contributed by atoms with Crippen LogP contribution in [0.3, 0.4) is 0 Å². The number of nitrogens with zero attached hydrogens (tertiary/aromatic N) is 2. The van der Waals surface area contributed by atoms with Crippen LogP contribution in [-0.2, 0) is 30.3 Å². The van der Waals surface area contributed by atoms with Crippen LogP contribution in [0.2, 0.25) is 0 Å². The Hall–Kier alpha value is -2.62. The van der Waals surface area contributed by atoms with Crippen molar-refractivity contribution >= 4 is 35.5 Å². The highest BCUT2D eigenvalue weighted by Crippen LogP contribution is 2.40. The van der Waals surface area contributed by atoms with E-state index in [9.17, 15) is 24.3 Å². The molecule has 2 aliphatic rings. The average molecular weight is 393 g/mol. The van der Waals surface area contributed by atoms with Crippen LogP contribution in [0.4, 0.5) is 0 Å². The number of carbonyl (C=O) groups excluding carboxylic acids is 3. The Morgan fingerprint density at radius 1 is 1.44 bits per heavy atom. The number of thioether (sulfide) groups is 1. The fraction of sp³-hybridized carbons (Fsp3) is 0.471. The third kappa shape index (κ3) is 4.05. The molecule has 3 rings (SSSR count). The van der Waals surface area contributed by atoms with Gasteiger partial charge in [-0.1, -0.05) is 6.07 Å². The number of aromatic nitrogens is 1. The molecular weight excluding hydrogens is 374 g/mol. The van der Waals surface area contributed by atoms with Gasteiger partial charge in [-0.05, 0) is 11.6 Å². The van der Waals surface area contributed by atoms with Crippen molar-refractivity contribution in [1.29, 1.82) is 0 Å². The fourth-order valence-electron chi connectivity index (χ4n) is 3.23. The Kier molecular flexibility index (Phi) is 5.64. The first-order chi connectivity index (χ1) is 12.9. The number of carbonyl (C=O) groups is 4. The number of aliphatic carboxylic acids is 1. The molecule has 10 heteroatoms. The highest BCUT2D eigenvalue weighted by molar-refractivity contribution is 8.00. The first kappa shape index (κ1) is 19.2. The maximum atomic E-state index is 12.5. The van der Waals surface area contributed by atoms with Gasteiger partial charge in [-0.25, -0.2) is 4.79 Å². The smallest absolute Gasteiger partial charge is 0.326 e. The largest absolute Gasteiger partial charge is 0.480 e. The number of rotatable bonds is 6. The van der Waals surface area contributed by atoms with Crippen LogP contribution < -0.4 is 5.32 Å². The summed E-state index contributed by atoms with van der Waals surface area (Å²) >= 11 is 1.38. The summed E-state index contributed by atoms with van der Waals surface area (Å²) in [5.41, 5.74) is 0.722. The Morgan fingerprint density at radius 3 is 2.85 bits per heavy atom. The molecule has 2 fully saturated rings. The minimum atomic E-state index is -1.15. The average Bonchev–Trinajstić information content (AvgIpc) is 2.64. The SMILES string of the molecule is CC(=O)OCC1CSC2C(NC(=O)Cc3cccnc3)C(=O)N2C1C(=O)O. The Bertz CT molecular complexity index is 758. The van der Waals surface area contributed by atoms with Crippen molar-refractivity contribution in [3.8, 4) is 0 Å². The highest BCUT2D eigenvalue weighted by Gasteiger charge is 2.57. The van der Waals surface area contributed by atoms with Crippen LogP contribution in [0.15, 0.2) is 24.5 Å². The molecular formula is C17H19N3O6S. The molecule has 0 spiro atoms. The zero-order chi connectivity index (χ0) is 19.6. The first-order valence-electron chi connectivity index (χ1n) is 8.36. The van der Waals surface area contributed by atoms with E-state index in [0.717, 1.165) is 5.56 Å².